The van der Waals surface area contributed by atoms with Gasteiger partial charge in [0.05, 0.1) is 13.2 Å². The van der Waals surface area contributed by atoms with E-state index in [-0.39, 0.29) is 11.9 Å². The number of morpholine rings is 1. The van der Waals surface area contributed by atoms with Crippen LogP contribution in [0, 0.1) is 0 Å². The Balaban J connectivity index is 2.14. The van der Waals surface area contributed by atoms with E-state index in [9.17, 15) is 4.79 Å². The van der Waals surface area contributed by atoms with E-state index in [1.54, 1.807) is 0 Å². The molecule has 0 aliphatic carbocycles. The zero-order chi connectivity index (χ0) is 12.3. The van der Waals surface area contributed by atoms with Crippen molar-refractivity contribution in [2.75, 3.05) is 31.2 Å². The number of aromatic nitrogens is 2. The second-order valence-electron chi connectivity index (χ2n) is 3.52. The maximum Gasteiger partial charge on any atom is 0.245 e. The number of ether oxygens (including phenoxy) is 1. The highest BCUT2D eigenvalue weighted by molar-refractivity contribution is 9.11. The molecule has 0 radical (unpaired) electrons. The van der Waals surface area contributed by atoms with Gasteiger partial charge in [0.2, 0.25) is 11.0 Å². The average Bonchev–Trinajstić information content (AvgIpc) is 2.76. The van der Waals surface area contributed by atoms with E-state index in [0.717, 1.165) is 5.13 Å². The zero-order valence-corrected chi connectivity index (χ0v) is 11.8. The Morgan fingerprint density at radius 3 is 3.18 bits per heavy atom. The average molecular weight is 321 g/mol. The Kier molecular flexibility index (Phi) is 4.30. The lowest BCUT2D eigenvalue weighted by molar-refractivity contribution is -0.124. The van der Waals surface area contributed by atoms with Crippen LogP contribution in [0.2, 0.25) is 0 Å². The smallest absolute Gasteiger partial charge is 0.245 e. The molecule has 0 bridgehead atoms. The summed E-state index contributed by atoms with van der Waals surface area (Å²) in [6.07, 6.45) is 0. The van der Waals surface area contributed by atoms with E-state index >= 15 is 0 Å². The van der Waals surface area contributed by atoms with Crippen LogP contribution in [0.3, 0.4) is 0 Å². The number of nitrogens with zero attached hydrogens (tertiary/aromatic N) is 3. The number of hydrogen-bond acceptors (Lipinski definition) is 6. The van der Waals surface area contributed by atoms with Crippen LogP contribution in [0.25, 0.3) is 0 Å². The summed E-state index contributed by atoms with van der Waals surface area (Å²) in [5, 5.41) is 11.5. The predicted octanol–water partition coefficient (Wildman–Crippen LogP) is 0.642. The van der Waals surface area contributed by atoms with Crippen LogP contribution in [0.5, 0.6) is 0 Å². The SMILES string of the molecule is CCNC(=O)C1COCCN1c1nnc(Br)s1. The third-order valence-corrected chi connectivity index (χ3v) is 3.81. The molecule has 1 aromatic rings. The van der Waals surface area contributed by atoms with Crippen molar-refractivity contribution in [3.63, 3.8) is 0 Å². The van der Waals surface area contributed by atoms with Crippen LogP contribution in [0.1, 0.15) is 6.92 Å². The number of carbonyl (C=O) groups excluding carboxylic acids is 1. The summed E-state index contributed by atoms with van der Waals surface area (Å²) in [5.41, 5.74) is 0. The first-order valence-electron chi connectivity index (χ1n) is 5.33. The lowest BCUT2D eigenvalue weighted by Crippen LogP contribution is -2.54. The van der Waals surface area contributed by atoms with Gasteiger partial charge in [0.25, 0.3) is 0 Å². The third kappa shape index (κ3) is 2.93. The number of rotatable bonds is 3. The van der Waals surface area contributed by atoms with Gasteiger partial charge in [0.1, 0.15) is 6.04 Å². The van der Waals surface area contributed by atoms with Gasteiger partial charge in [-0.3, -0.25) is 4.79 Å². The number of carbonyl (C=O) groups is 1. The molecule has 6 nitrogen and oxygen atoms in total. The number of anilines is 1. The Labute approximate surface area is 111 Å². The molecule has 0 spiro atoms. The minimum atomic E-state index is -0.316. The van der Waals surface area contributed by atoms with E-state index < -0.39 is 0 Å². The van der Waals surface area contributed by atoms with E-state index in [2.05, 4.69) is 31.4 Å². The molecule has 1 aromatic heterocycles. The van der Waals surface area contributed by atoms with Crippen molar-refractivity contribution < 1.29 is 9.53 Å². The van der Waals surface area contributed by atoms with Gasteiger partial charge < -0.3 is 15.0 Å². The molecule has 1 unspecified atom stereocenters. The van der Waals surface area contributed by atoms with Crippen molar-refractivity contribution >= 4 is 38.3 Å². The minimum Gasteiger partial charge on any atom is -0.377 e. The molecule has 1 atom stereocenters. The van der Waals surface area contributed by atoms with Crippen molar-refractivity contribution in [3.05, 3.63) is 3.92 Å². The molecular formula is C9H13BrN4O2S. The molecule has 1 N–H and O–H groups in total. The number of amides is 1. The quantitative estimate of drug-likeness (QED) is 0.885. The topological polar surface area (TPSA) is 67.3 Å². The van der Waals surface area contributed by atoms with Gasteiger partial charge in [-0.2, -0.15) is 0 Å². The van der Waals surface area contributed by atoms with E-state index in [1.165, 1.54) is 11.3 Å². The molecule has 1 fully saturated rings. The Hall–Kier alpha value is -0.730. The fourth-order valence-corrected chi connectivity index (χ4v) is 2.82. The van der Waals surface area contributed by atoms with Gasteiger partial charge in [-0.15, -0.1) is 10.2 Å². The Morgan fingerprint density at radius 1 is 1.71 bits per heavy atom. The predicted molar refractivity (Wildman–Crippen MR) is 68.2 cm³/mol. The molecule has 0 saturated carbocycles. The molecule has 1 aliphatic rings. The number of halogens is 1. The Bertz CT molecular complexity index is 400. The summed E-state index contributed by atoms with van der Waals surface area (Å²) in [4.78, 5) is 13.8. The van der Waals surface area contributed by atoms with Gasteiger partial charge >= 0.3 is 0 Å². The van der Waals surface area contributed by atoms with Crippen LogP contribution < -0.4 is 10.2 Å². The van der Waals surface area contributed by atoms with Crippen LogP contribution >= 0.6 is 27.3 Å². The molecule has 0 aromatic carbocycles. The number of likely N-dealkylation sites (N-methyl/N-ethyl adjacent to an activating group) is 1. The minimum absolute atomic E-state index is 0.0291. The highest BCUT2D eigenvalue weighted by Crippen LogP contribution is 2.26. The fraction of sp³-hybridized carbons (Fsp3) is 0.667. The van der Waals surface area contributed by atoms with Gasteiger partial charge in [0.15, 0.2) is 3.92 Å². The number of nitrogens with one attached hydrogen (secondary N) is 1. The van der Waals surface area contributed by atoms with Gasteiger partial charge in [-0.05, 0) is 22.9 Å². The van der Waals surface area contributed by atoms with Crippen LogP contribution in [0.4, 0.5) is 5.13 Å². The van der Waals surface area contributed by atoms with E-state index in [0.29, 0.717) is 30.2 Å². The van der Waals surface area contributed by atoms with E-state index in [4.69, 9.17) is 4.74 Å². The van der Waals surface area contributed by atoms with E-state index in [1.807, 2.05) is 11.8 Å². The van der Waals surface area contributed by atoms with Crippen LogP contribution in [-0.4, -0.2) is 48.4 Å². The molecule has 17 heavy (non-hydrogen) atoms. The second-order valence-corrected chi connectivity index (χ2v) is 5.75. The van der Waals surface area contributed by atoms with Crippen molar-refractivity contribution in [1.29, 1.82) is 0 Å². The molecule has 1 aliphatic heterocycles. The van der Waals surface area contributed by atoms with Gasteiger partial charge in [-0.1, -0.05) is 11.3 Å². The normalized spacial score (nSPS) is 20.4. The van der Waals surface area contributed by atoms with Gasteiger partial charge in [0, 0.05) is 13.1 Å². The fourth-order valence-electron chi connectivity index (χ4n) is 1.66. The van der Waals surface area contributed by atoms with Gasteiger partial charge in [-0.25, -0.2) is 0 Å². The molecule has 8 heteroatoms. The molecule has 1 saturated heterocycles. The van der Waals surface area contributed by atoms with Crippen molar-refractivity contribution in [2.24, 2.45) is 0 Å². The van der Waals surface area contributed by atoms with Crippen molar-refractivity contribution in [2.45, 2.75) is 13.0 Å². The monoisotopic (exact) mass is 320 g/mol. The summed E-state index contributed by atoms with van der Waals surface area (Å²) in [5.74, 6) is -0.0291. The van der Waals surface area contributed by atoms with Crippen LogP contribution in [-0.2, 0) is 9.53 Å². The van der Waals surface area contributed by atoms with Crippen molar-refractivity contribution in [3.8, 4) is 0 Å². The zero-order valence-electron chi connectivity index (χ0n) is 9.35. The summed E-state index contributed by atoms with van der Waals surface area (Å²) < 4.78 is 6.07. The summed E-state index contributed by atoms with van der Waals surface area (Å²) >= 11 is 4.69. The highest BCUT2D eigenvalue weighted by atomic mass is 79.9. The molecule has 2 rings (SSSR count). The molecule has 2 heterocycles. The molecule has 1 amide bonds. The maximum absolute atomic E-state index is 11.9. The lowest BCUT2D eigenvalue weighted by atomic mass is 10.2. The third-order valence-electron chi connectivity index (χ3n) is 2.42. The maximum atomic E-state index is 11.9. The first kappa shape index (κ1) is 12.7. The molecule has 94 valence electrons. The number of hydrogen-bond donors (Lipinski definition) is 1. The molecular weight excluding hydrogens is 308 g/mol. The highest BCUT2D eigenvalue weighted by Gasteiger charge is 2.31. The standard InChI is InChI=1S/C9H13BrN4O2S/c1-2-11-7(15)6-5-16-4-3-14(6)9-13-12-8(10)17-9/h6H,2-5H2,1H3,(H,11,15). The first-order chi connectivity index (χ1) is 8.22. The lowest BCUT2D eigenvalue weighted by Gasteiger charge is -2.33. The largest absolute Gasteiger partial charge is 0.377 e. The summed E-state index contributed by atoms with van der Waals surface area (Å²) in [6, 6.07) is -0.316. The summed E-state index contributed by atoms with van der Waals surface area (Å²) in [6.45, 7) is 4.16. The van der Waals surface area contributed by atoms with Crippen molar-refractivity contribution in [1.82, 2.24) is 15.5 Å². The first-order valence-corrected chi connectivity index (χ1v) is 6.94. The summed E-state index contributed by atoms with van der Waals surface area (Å²) in [7, 11) is 0. The van der Waals surface area contributed by atoms with Crippen LogP contribution in [0.15, 0.2) is 3.92 Å². The Morgan fingerprint density at radius 2 is 2.53 bits per heavy atom. The second kappa shape index (κ2) is 5.74.